The van der Waals surface area contributed by atoms with Gasteiger partial charge in [-0.1, -0.05) is 54.7 Å². The Labute approximate surface area is 140 Å². The maximum absolute atomic E-state index is 6.26. The van der Waals surface area contributed by atoms with Crippen molar-refractivity contribution in [2.45, 2.75) is 26.4 Å². The lowest BCUT2D eigenvalue weighted by Crippen LogP contribution is -2.21. The molecule has 1 N–H and O–H groups in total. The van der Waals surface area contributed by atoms with Crippen LogP contribution in [0.25, 0.3) is 0 Å². The van der Waals surface area contributed by atoms with Gasteiger partial charge in [0.2, 0.25) is 0 Å². The SMILES string of the molecule is CC(C)NCc1ccc(Oc2ccc(Cl)cc2Cl)c(Cl)c1. The summed E-state index contributed by atoms with van der Waals surface area (Å²) in [5.74, 6) is 1.09. The van der Waals surface area contributed by atoms with E-state index < -0.39 is 0 Å². The molecule has 112 valence electrons. The number of hydrogen-bond acceptors (Lipinski definition) is 2. The van der Waals surface area contributed by atoms with Crippen LogP contribution in [0.3, 0.4) is 0 Å². The lowest BCUT2D eigenvalue weighted by Gasteiger charge is -2.12. The fourth-order valence-corrected chi connectivity index (χ4v) is 2.42. The Bertz CT molecular complexity index is 629. The van der Waals surface area contributed by atoms with E-state index in [1.807, 2.05) is 18.2 Å². The van der Waals surface area contributed by atoms with Crippen LogP contribution in [-0.4, -0.2) is 6.04 Å². The minimum absolute atomic E-state index is 0.424. The van der Waals surface area contributed by atoms with Gasteiger partial charge in [0.1, 0.15) is 11.5 Å². The molecule has 0 fully saturated rings. The van der Waals surface area contributed by atoms with Crippen molar-refractivity contribution in [1.29, 1.82) is 0 Å². The third kappa shape index (κ3) is 4.79. The predicted octanol–water partition coefficient (Wildman–Crippen LogP) is 5.94. The number of ether oxygens (including phenoxy) is 1. The Hall–Kier alpha value is -0.930. The van der Waals surface area contributed by atoms with Crippen LogP contribution in [0.1, 0.15) is 19.4 Å². The molecular weight excluding hydrogens is 329 g/mol. The van der Waals surface area contributed by atoms with Gasteiger partial charge in [0.15, 0.2) is 0 Å². The number of hydrogen-bond donors (Lipinski definition) is 1. The molecule has 2 aromatic carbocycles. The van der Waals surface area contributed by atoms with Crippen molar-refractivity contribution in [1.82, 2.24) is 5.32 Å². The zero-order valence-electron chi connectivity index (χ0n) is 11.8. The molecule has 2 nitrogen and oxygen atoms in total. The average molecular weight is 345 g/mol. The summed E-state index contributed by atoms with van der Waals surface area (Å²) in [6, 6.07) is 11.2. The Morgan fingerprint density at radius 1 is 0.952 bits per heavy atom. The highest BCUT2D eigenvalue weighted by Crippen LogP contribution is 2.35. The van der Waals surface area contributed by atoms with E-state index in [0.717, 1.165) is 12.1 Å². The summed E-state index contributed by atoms with van der Waals surface area (Å²) < 4.78 is 5.73. The molecule has 0 aliphatic rings. The van der Waals surface area contributed by atoms with E-state index in [4.69, 9.17) is 39.5 Å². The van der Waals surface area contributed by atoms with Gasteiger partial charge in [-0.05, 0) is 35.9 Å². The molecule has 0 amide bonds. The van der Waals surface area contributed by atoms with Crippen molar-refractivity contribution in [3.63, 3.8) is 0 Å². The van der Waals surface area contributed by atoms with Crippen molar-refractivity contribution >= 4 is 34.8 Å². The van der Waals surface area contributed by atoms with Gasteiger partial charge in [-0.2, -0.15) is 0 Å². The number of benzene rings is 2. The van der Waals surface area contributed by atoms with E-state index >= 15 is 0 Å². The summed E-state index contributed by atoms with van der Waals surface area (Å²) in [5.41, 5.74) is 1.10. The molecule has 0 radical (unpaired) electrons. The number of rotatable bonds is 5. The highest BCUT2D eigenvalue weighted by Gasteiger charge is 2.08. The van der Waals surface area contributed by atoms with Crippen molar-refractivity contribution in [2.75, 3.05) is 0 Å². The summed E-state index contributed by atoms with van der Waals surface area (Å²) in [5, 5.41) is 4.90. The van der Waals surface area contributed by atoms with Gasteiger partial charge in [0.25, 0.3) is 0 Å². The van der Waals surface area contributed by atoms with Gasteiger partial charge < -0.3 is 10.1 Å². The highest BCUT2D eigenvalue weighted by molar-refractivity contribution is 6.35. The first-order valence-corrected chi connectivity index (χ1v) is 7.74. The van der Waals surface area contributed by atoms with E-state index in [1.165, 1.54) is 0 Å². The van der Waals surface area contributed by atoms with E-state index in [0.29, 0.717) is 32.6 Å². The minimum Gasteiger partial charge on any atom is -0.454 e. The fourth-order valence-electron chi connectivity index (χ4n) is 1.74. The smallest absolute Gasteiger partial charge is 0.146 e. The molecule has 21 heavy (non-hydrogen) atoms. The van der Waals surface area contributed by atoms with E-state index in [2.05, 4.69) is 19.2 Å². The standard InChI is InChI=1S/C16H16Cl3NO/c1-10(2)20-9-11-3-5-15(13(18)7-11)21-16-6-4-12(17)8-14(16)19/h3-8,10,20H,9H2,1-2H3. The van der Waals surface area contributed by atoms with Crippen molar-refractivity contribution in [2.24, 2.45) is 0 Å². The molecule has 2 rings (SSSR count). The van der Waals surface area contributed by atoms with E-state index in [9.17, 15) is 0 Å². The molecule has 0 bridgehead atoms. The van der Waals surface area contributed by atoms with Crippen LogP contribution >= 0.6 is 34.8 Å². The quantitative estimate of drug-likeness (QED) is 0.725. The minimum atomic E-state index is 0.424. The molecule has 0 saturated carbocycles. The van der Waals surface area contributed by atoms with Crippen molar-refractivity contribution in [3.05, 3.63) is 57.0 Å². The monoisotopic (exact) mass is 343 g/mol. The first kappa shape index (κ1) is 16.4. The first-order chi connectivity index (χ1) is 9.95. The molecule has 0 saturated heterocycles. The molecule has 0 heterocycles. The number of halogens is 3. The largest absolute Gasteiger partial charge is 0.454 e. The zero-order valence-corrected chi connectivity index (χ0v) is 14.1. The van der Waals surface area contributed by atoms with Crippen LogP contribution in [0.15, 0.2) is 36.4 Å². The predicted molar refractivity (Wildman–Crippen MR) is 90.0 cm³/mol. The van der Waals surface area contributed by atoms with E-state index in [-0.39, 0.29) is 0 Å². The van der Waals surface area contributed by atoms with Crippen LogP contribution in [0, 0.1) is 0 Å². The zero-order chi connectivity index (χ0) is 15.4. The molecule has 2 aromatic rings. The summed E-state index contributed by atoms with van der Waals surface area (Å²) in [4.78, 5) is 0. The van der Waals surface area contributed by atoms with Crippen LogP contribution in [-0.2, 0) is 6.54 Å². The van der Waals surface area contributed by atoms with Gasteiger partial charge in [-0.25, -0.2) is 0 Å². The molecule has 0 aromatic heterocycles. The molecule has 5 heteroatoms. The van der Waals surface area contributed by atoms with Crippen molar-refractivity contribution in [3.8, 4) is 11.5 Å². The van der Waals surface area contributed by atoms with Gasteiger partial charge >= 0.3 is 0 Å². The second kappa shape index (κ2) is 7.37. The Morgan fingerprint density at radius 3 is 2.14 bits per heavy atom. The third-order valence-corrected chi connectivity index (χ3v) is 3.65. The van der Waals surface area contributed by atoms with Crippen molar-refractivity contribution < 1.29 is 4.74 Å². The molecule has 0 aliphatic heterocycles. The number of nitrogens with one attached hydrogen (secondary N) is 1. The van der Waals surface area contributed by atoms with Gasteiger partial charge in [0, 0.05) is 17.6 Å². The summed E-state index contributed by atoms with van der Waals surface area (Å²) in [7, 11) is 0. The van der Waals surface area contributed by atoms with E-state index in [1.54, 1.807) is 18.2 Å². The summed E-state index contributed by atoms with van der Waals surface area (Å²) in [6.45, 7) is 4.96. The first-order valence-electron chi connectivity index (χ1n) is 6.60. The topological polar surface area (TPSA) is 21.3 Å². The Kier molecular flexibility index (Phi) is 5.77. The molecule has 0 unspecified atom stereocenters. The van der Waals surface area contributed by atoms with Crippen LogP contribution < -0.4 is 10.1 Å². The molecule has 0 aliphatic carbocycles. The average Bonchev–Trinajstić information content (AvgIpc) is 2.42. The van der Waals surface area contributed by atoms with Gasteiger partial charge in [-0.3, -0.25) is 0 Å². The molecule has 0 atom stereocenters. The van der Waals surface area contributed by atoms with Crippen LogP contribution in [0.5, 0.6) is 11.5 Å². The molecule has 0 spiro atoms. The normalized spacial score (nSPS) is 11.0. The van der Waals surface area contributed by atoms with Crippen LogP contribution in [0.2, 0.25) is 15.1 Å². The maximum atomic E-state index is 6.26. The summed E-state index contributed by atoms with van der Waals surface area (Å²) >= 11 is 18.2. The van der Waals surface area contributed by atoms with Gasteiger partial charge in [-0.15, -0.1) is 0 Å². The fraction of sp³-hybridized carbons (Fsp3) is 0.250. The Balaban J connectivity index is 2.13. The summed E-state index contributed by atoms with van der Waals surface area (Å²) in [6.07, 6.45) is 0. The van der Waals surface area contributed by atoms with Crippen LogP contribution in [0.4, 0.5) is 0 Å². The second-order valence-electron chi connectivity index (χ2n) is 4.98. The lowest BCUT2D eigenvalue weighted by molar-refractivity contribution is 0.482. The second-order valence-corrected chi connectivity index (χ2v) is 6.23. The van der Waals surface area contributed by atoms with Gasteiger partial charge in [0.05, 0.1) is 10.0 Å². The third-order valence-electron chi connectivity index (χ3n) is 2.82. The Morgan fingerprint density at radius 2 is 1.57 bits per heavy atom. The maximum Gasteiger partial charge on any atom is 0.146 e. The lowest BCUT2D eigenvalue weighted by atomic mass is 10.2. The highest BCUT2D eigenvalue weighted by atomic mass is 35.5. The molecular formula is C16H16Cl3NO.